The van der Waals surface area contributed by atoms with Gasteiger partial charge in [0.2, 0.25) is 5.91 Å². The van der Waals surface area contributed by atoms with Gasteiger partial charge in [-0.1, -0.05) is 38.1 Å². The van der Waals surface area contributed by atoms with Crippen molar-refractivity contribution in [3.8, 4) is 11.1 Å². The lowest BCUT2D eigenvalue weighted by Crippen LogP contribution is -2.18. The molecule has 0 saturated heterocycles. The third-order valence-electron chi connectivity index (χ3n) is 4.90. The molecule has 0 aliphatic heterocycles. The van der Waals surface area contributed by atoms with Gasteiger partial charge in [0.05, 0.1) is 5.92 Å². The number of nitrogens with zero attached hydrogens (tertiary/aromatic N) is 1. The summed E-state index contributed by atoms with van der Waals surface area (Å²) in [6, 6.07) is 20.1. The summed E-state index contributed by atoms with van der Waals surface area (Å²) >= 11 is 0. The average Bonchev–Trinajstić information content (AvgIpc) is 2.72. The number of aromatic nitrogens is 1. The first-order chi connectivity index (χ1) is 13.9. The Kier molecular flexibility index (Phi) is 6.65. The van der Waals surface area contributed by atoms with Crippen molar-refractivity contribution < 1.29 is 4.79 Å². The van der Waals surface area contributed by atoms with Crippen LogP contribution in [-0.4, -0.2) is 17.4 Å². The van der Waals surface area contributed by atoms with Crippen LogP contribution < -0.4 is 10.6 Å². The van der Waals surface area contributed by atoms with Gasteiger partial charge in [-0.2, -0.15) is 0 Å². The van der Waals surface area contributed by atoms with Crippen molar-refractivity contribution in [2.75, 3.05) is 17.2 Å². The number of anilines is 2. The Bertz CT molecular complexity index is 947. The minimum atomic E-state index is -0.225. The van der Waals surface area contributed by atoms with Crippen molar-refractivity contribution >= 4 is 17.3 Å². The number of pyridine rings is 1. The molecule has 150 valence electrons. The van der Waals surface area contributed by atoms with Crippen LogP contribution in [0.15, 0.2) is 66.9 Å². The van der Waals surface area contributed by atoms with Gasteiger partial charge in [-0.3, -0.25) is 9.78 Å². The van der Waals surface area contributed by atoms with Crippen molar-refractivity contribution in [3.05, 3.63) is 78.1 Å². The second-order valence-electron chi connectivity index (χ2n) is 7.87. The van der Waals surface area contributed by atoms with Crippen molar-refractivity contribution in [2.24, 2.45) is 5.92 Å². The van der Waals surface area contributed by atoms with Gasteiger partial charge in [-0.05, 0) is 72.9 Å². The zero-order chi connectivity index (χ0) is 20.8. The Hall–Kier alpha value is -3.14. The van der Waals surface area contributed by atoms with E-state index in [-0.39, 0.29) is 11.8 Å². The Balaban J connectivity index is 1.62. The van der Waals surface area contributed by atoms with Crippen molar-refractivity contribution in [1.82, 2.24) is 4.98 Å². The van der Waals surface area contributed by atoms with Gasteiger partial charge in [0.25, 0.3) is 0 Å². The molecule has 3 rings (SSSR count). The normalized spacial score (nSPS) is 11.9. The number of amides is 1. The highest BCUT2D eigenvalue weighted by molar-refractivity contribution is 5.95. The van der Waals surface area contributed by atoms with Crippen molar-refractivity contribution in [1.29, 1.82) is 0 Å². The van der Waals surface area contributed by atoms with E-state index in [2.05, 4.69) is 35.5 Å². The molecular weight excluding hydrogens is 358 g/mol. The number of hydrogen-bond acceptors (Lipinski definition) is 3. The molecule has 0 bridgehead atoms. The van der Waals surface area contributed by atoms with E-state index >= 15 is 0 Å². The van der Waals surface area contributed by atoms with Gasteiger partial charge in [0, 0.05) is 29.8 Å². The fourth-order valence-electron chi connectivity index (χ4n) is 3.08. The molecule has 3 aromatic rings. The van der Waals surface area contributed by atoms with Crippen LogP contribution in [0.2, 0.25) is 0 Å². The lowest BCUT2D eigenvalue weighted by molar-refractivity contribution is -0.117. The summed E-state index contributed by atoms with van der Waals surface area (Å²) in [6.45, 7) is 9.20. The Morgan fingerprint density at radius 3 is 2.17 bits per heavy atom. The smallest absolute Gasteiger partial charge is 0.231 e. The number of benzene rings is 2. The van der Waals surface area contributed by atoms with Crippen LogP contribution in [0.3, 0.4) is 0 Å². The molecule has 4 heteroatoms. The molecule has 2 N–H and O–H groups in total. The lowest BCUT2D eigenvalue weighted by Gasteiger charge is -2.14. The quantitative estimate of drug-likeness (QED) is 0.533. The summed E-state index contributed by atoms with van der Waals surface area (Å²) in [5.74, 6) is 0.352. The number of hydrogen-bond donors (Lipinski definition) is 2. The zero-order valence-corrected chi connectivity index (χ0v) is 17.6. The first kappa shape index (κ1) is 20.6. The average molecular weight is 388 g/mol. The maximum absolute atomic E-state index is 12.7. The minimum absolute atomic E-state index is 0.0135. The molecule has 0 aliphatic carbocycles. The second kappa shape index (κ2) is 9.37. The third kappa shape index (κ3) is 5.67. The zero-order valence-electron chi connectivity index (χ0n) is 17.6. The highest BCUT2D eigenvalue weighted by atomic mass is 16.1. The van der Waals surface area contributed by atoms with Gasteiger partial charge in [0.1, 0.15) is 0 Å². The monoisotopic (exact) mass is 387 g/mol. The van der Waals surface area contributed by atoms with Crippen LogP contribution in [0.5, 0.6) is 0 Å². The van der Waals surface area contributed by atoms with E-state index in [9.17, 15) is 4.79 Å². The van der Waals surface area contributed by atoms with Crippen LogP contribution in [0, 0.1) is 12.8 Å². The largest absolute Gasteiger partial charge is 0.385 e. The first-order valence-electron chi connectivity index (χ1n) is 10.1. The molecule has 4 nitrogen and oxygen atoms in total. The number of carbonyl (C=O) groups is 1. The van der Waals surface area contributed by atoms with E-state index in [1.54, 1.807) is 0 Å². The molecule has 0 saturated carbocycles. The molecule has 1 heterocycles. The standard InChI is InChI=1S/C25H29N3O/c1-17(2)16-27-23-9-5-20(6-10-23)19(4)25(29)28-24-11-7-21(8-12-24)22-13-14-26-18(3)15-22/h5-15,17,19,27H,16H2,1-4H3,(H,28,29). The fraction of sp³-hybridized carbons (Fsp3) is 0.280. The van der Waals surface area contributed by atoms with E-state index in [4.69, 9.17) is 0 Å². The maximum Gasteiger partial charge on any atom is 0.231 e. The summed E-state index contributed by atoms with van der Waals surface area (Å²) < 4.78 is 0. The highest BCUT2D eigenvalue weighted by Crippen LogP contribution is 2.23. The van der Waals surface area contributed by atoms with Crippen LogP contribution >= 0.6 is 0 Å². The summed E-state index contributed by atoms with van der Waals surface area (Å²) in [4.78, 5) is 16.9. The first-order valence-corrected chi connectivity index (χ1v) is 10.1. The molecule has 0 radical (unpaired) electrons. The summed E-state index contributed by atoms with van der Waals surface area (Å²) in [7, 11) is 0. The molecule has 2 aromatic carbocycles. The maximum atomic E-state index is 12.7. The Labute approximate surface area is 173 Å². The predicted molar refractivity (Wildman–Crippen MR) is 121 cm³/mol. The topological polar surface area (TPSA) is 54.0 Å². The van der Waals surface area contributed by atoms with Crippen molar-refractivity contribution in [3.63, 3.8) is 0 Å². The van der Waals surface area contributed by atoms with Gasteiger partial charge in [-0.15, -0.1) is 0 Å². The molecular formula is C25H29N3O. The van der Waals surface area contributed by atoms with Crippen molar-refractivity contribution in [2.45, 2.75) is 33.6 Å². The second-order valence-corrected chi connectivity index (χ2v) is 7.87. The number of carbonyl (C=O) groups excluding carboxylic acids is 1. The highest BCUT2D eigenvalue weighted by Gasteiger charge is 2.15. The molecule has 0 aliphatic rings. The van der Waals surface area contributed by atoms with Gasteiger partial charge in [0.15, 0.2) is 0 Å². The summed E-state index contributed by atoms with van der Waals surface area (Å²) in [6.07, 6.45) is 1.81. The molecule has 0 spiro atoms. The van der Waals surface area contributed by atoms with Gasteiger partial charge < -0.3 is 10.6 Å². The van der Waals surface area contributed by atoms with E-state index in [1.165, 1.54) is 0 Å². The summed E-state index contributed by atoms with van der Waals surface area (Å²) in [5, 5.41) is 6.42. The number of nitrogens with one attached hydrogen (secondary N) is 2. The third-order valence-corrected chi connectivity index (χ3v) is 4.90. The van der Waals surface area contributed by atoms with Crippen LogP contribution in [0.1, 0.15) is 37.9 Å². The van der Waals surface area contributed by atoms with Crippen LogP contribution in [0.25, 0.3) is 11.1 Å². The molecule has 1 unspecified atom stereocenters. The van der Waals surface area contributed by atoms with E-state index in [1.807, 2.05) is 74.6 Å². The number of aryl methyl sites for hydroxylation is 1. The van der Waals surface area contributed by atoms with Crippen LogP contribution in [-0.2, 0) is 4.79 Å². The molecule has 29 heavy (non-hydrogen) atoms. The number of rotatable bonds is 7. The molecule has 1 amide bonds. The van der Waals surface area contributed by atoms with Gasteiger partial charge >= 0.3 is 0 Å². The summed E-state index contributed by atoms with van der Waals surface area (Å²) in [5.41, 5.74) is 6.09. The Morgan fingerprint density at radius 1 is 0.897 bits per heavy atom. The van der Waals surface area contributed by atoms with Gasteiger partial charge in [-0.25, -0.2) is 0 Å². The van der Waals surface area contributed by atoms with E-state index in [0.29, 0.717) is 5.92 Å². The molecule has 1 aromatic heterocycles. The molecule has 0 fully saturated rings. The van der Waals surface area contributed by atoms with Crippen LogP contribution in [0.4, 0.5) is 11.4 Å². The van der Waals surface area contributed by atoms with E-state index < -0.39 is 0 Å². The minimum Gasteiger partial charge on any atom is -0.385 e. The Morgan fingerprint density at radius 2 is 1.55 bits per heavy atom. The fourth-order valence-corrected chi connectivity index (χ4v) is 3.08. The molecule has 1 atom stereocenters. The predicted octanol–water partition coefficient (Wildman–Crippen LogP) is 5.87. The lowest BCUT2D eigenvalue weighted by atomic mass is 9.99. The SMILES string of the molecule is Cc1cc(-c2ccc(NC(=O)C(C)c3ccc(NCC(C)C)cc3)cc2)ccn1. The van der Waals surface area contributed by atoms with E-state index in [0.717, 1.165) is 40.3 Å².